The highest BCUT2D eigenvalue weighted by Gasteiger charge is 2.21. The normalized spacial score (nSPS) is 12.4. The minimum atomic E-state index is -3.48. The zero-order valence-electron chi connectivity index (χ0n) is 18.3. The summed E-state index contributed by atoms with van der Waals surface area (Å²) >= 11 is 0. The molecule has 0 spiro atoms. The van der Waals surface area contributed by atoms with Gasteiger partial charge in [0.05, 0.1) is 35.8 Å². The number of methoxy groups -OCH3 is 1. The molecule has 1 amide bonds. The van der Waals surface area contributed by atoms with E-state index in [2.05, 4.69) is 5.32 Å². The first-order valence-corrected chi connectivity index (χ1v) is 11.7. The molecule has 0 fully saturated rings. The number of benzene rings is 2. The highest BCUT2D eigenvalue weighted by Crippen LogP contribution is 2.20. The molecule has 31 heavy (non-hydrogen) atoms. The molecular weight excluding hydrogens is 418 g/mol. The predicted octanol–water partition coefficient (Wildman–Crippen LogP) is 3.23. The summed E-state index contributed by atoms with van der Waals surface area (Å²) in [5.41, 5.74) is 2.13. The maximum absolute atomic E-state index is 12.8. The average Bonchev–Trinajstić information content (AvgIpc) is 2.72. The van der Waals surface area contributed by atoms with E-state index in [9.17, 15) is 18.0 Å². The van der Waals surface area contributed by atoms with Crippen LogP contribution < -0.4 is 5.32 Å². The Labute approximate surface area is 183 Å². The van der Waals surface area contributed by atoms with Crippen LogP contribution in [0.4, 0.5) is 0 Å². The first-order valence-electron chi connectivity index (χ1n) is 10.0. The number of hydrogen-bond acceptors (Lipinski definition) is 6. The van der Waals surface area contributed by atoms with Gasteiger partial charge >= 0.3 is 5.97 Å². The molecule has 2 aromatic carbocycles. The predicted molar refractivity (Wildman–Crippen MR) is 118 cm³/mol. The third-order valence-corrected chi connectivity index (χ3v) is 6.25. The van der Waals surface area contributed by atoms with Gasteiger partial charge in [-0.2, -0.15) is 0 Å². The quantitative estimate of drug-likeness (QED) is 0.562. The molecule has 0 radical (unpaired) electrons. The number of nitrogens with one attached hydrogen (secondary N) is 1. The van der Waals surface area contributed by atoms with Crippen LogP contribution in [-0.2, 0) is 24.1 Å². The number of sulfone groups is 1. The highest BCUT2D eigenvalue weighted by molar-refractivity contribution is 7.91. The van der Waals surface area contributed by atoms with Gasteiger partial charge in [0.2, 0.25) is 0 Å². The van der Waals surface area contributed by atoms with Crippen molar-refractivity contribution in [3.8, 4) is 0 Å². The Hall–Kier alpha value is -2.71. The van der Waals surface area contributed by atoms with E-state index in [1.807, 2.05) is 31.2 Å². The first-order chi connectivity index (χ1) is 14.6. The summed E-state index contributed by atoms with van der Waals surface area (Å²) in [6.45, 7) is 5.57. The van der Waals surface area contributed by atoms with E-state index >= 15 is 0 Å². The molecular formula is C23H29NO6S. The molecule has 0 aliphatic carbocycles. The number of ether oxygens (including phenoxy) is 2. The third kappa shape index (κ3) is 7.48. The zero-order valence-corrected chi connectivity index (χ0v) is 19.1. The monoisotopic (exact) mass is 447 g/mol. The summed E-state index contributed by atoms with van der Waals surface area (Å²) in [6.07, 6.45) is -0.273. The van der Waals surface area contributed by atoms with E-state index in [1.54, 1.807) is 13.8 Å². The minimum Gasteiger partial charge on any atom is -0.463 e. The Bertz CT molecular complexity index is 982. The summed E-state index contributed by atoms with van der Waals surface area (Å²) in [5, 5.41) is 2.86. The molecule has 2 aromatic rings. The number of hydrogen-bond donors (Lipinski definition) is 1. The molecule has 8 heteroatoms. The molecule has 0 saturated carbocycles. The van der Waals surface area contributed by atoms with Gasteiger partial charge in [0.25, 0.3) is 5.91 Å². The number of rotatable bonds is 10. The van der Waals surface area contributed by atoms with Crippen LogP contribution in [0.25, 0.3) is 0 Å². The molecule has 0 saturated heterocycles. The van der Waals surface area contributed by atoms with Crippen LogP contribution >= 0.6 is 0 Å². The van der Waals surface area contributed by atoms with Gasteiger partial charge in [0, 0.05) is 12.7 Å². The molecule has 7 nitrogen and oxygen atoms in total. The molecule has 0 bridgehead atoms. The summed E-state index contributed by atoms with van der Waals surface area (Å²) in [4.78, 5) is 25.1. The maximum Gasteiger partial charge on any atom is 0.308 e. The topological polar surface area (TPSA) is 98.8 Å². The second-order valence-corrected chi connectivity index (χ2v) is 9.62. The van der Waals surface area contributed by atoms with Crippen molar-refractivity contribution < 1.29 is 27.5 Å². The van der Waals surface area contributed by atoms with Gasteiger partial charge in [-0.1, -0.05) is 29.8 Å². The molecule has 1 N–H and O–H groups in total. The highest BCUT2D eigenvalue weighted by atomic mass is 32.2. The van der Waals surface area contributed by atoms with E-state index in [4.69, 9.17) is 9.47 Å². The SMILES string of the molecule is COCCS(=O)(=O)c1ccc(C(=O)NC(CC(=O)OC(C)C)c2ccc(C)cc2)cc1. The van der Waals surface area contributed by atoms with E-state index in [0.717, 1.165) is 11.1 Å². The van der Waals surface area contributed by atoms with Gasteiger partial charge in [0.15, 0.2) is 9.84 Å². The Morgan fingerprint density at radius 3 is 2.16 bits per heavy atom. The van der Waals surface area contributed by atoms with Crippen molar-refractivity contribution in [2.75, 3.05) is 19.5 Å². The Morgan fingerprint density at radius 2 is 1.61 bits per heavy atom. The van der Waals surface area contributed by atoms with Gasteiger partial charge in [-0.3, -0.25) is 9.59 Å². The van der Waals surface area contributed by atoms with Crippen LogP contribution in [0.15, 0.2) is 53.4 Å². The lowest BCUT2D eigenvalue weighted by atomic mass is 10.0. The number of esters is 1. The number of aryl methyl sites for hydroxylation is 1. The van der Waals surface area contributed by atoms with Crippen molar-refractivity contribution in [1.82, 2.24) is 5.32 Å². The van der Waals surface area contributed by atoms with E-state index in [-0.39, 0.29) is 29.8 Å². The van der Waals surface area contributed by atoms with Crippen LogP contribution in [0.2, 0.25) is 0 Å². The van der Waals surface area contributed by atoms with Crippen LogP contribution in [-0.4, -0.2) is 45.9 Å². The summed E-state index contributed by atoms with van der Waals surface area (Å²) in [7, 11) is -2.05. The van der Waals surface area contributed by atoms with Gasteiger partial charge in [-0.25, -0.2) is 8.42 Å². The Kier molecular flexibility index (Phi) is 8.76. The summed E-state index contributed by atoms with van der Waals surface area (Å²) in [5.74, 6) is -0.966. The second-order valence-electron chi connectivity index (χ2n) is 7.52. The molecule has 0 aromatic heterocycles. The third-order valence-electron chi connectivity index (χ3n) is 4.55. The lowest BCUT2D eigenvalue weighted by Crippen LogP contribution is -2.31. The Balaban J connectivity index is 2.18. The van der Waals surface area contributed by atoms with Gasteiger partial charge in [-0.05, 0) is 50.6 Å². The fraction of sp³-hybridized carbons (Fsp3) is 0.391. The molecule has 1 unspecified atom stereocenters. The number of carbonyl (C=O) groups is 2. The van der Waals surface area contributed by atoms with Crippen molar-refractivity contribution >= 4 is 21.7 Å². The average molecular weight is 448 g/mol. The van der Waals surface area contributed by atoms with E-state index in [1.165, 1.54) is 31.4 Å². The van der Waals surface area contributed by atoms with Gasteiger partial charge in [-0.15, -0.1) is 0 Å². The molecule has 2 rings (SSSR count). The van der Waals surface area contributed by atoms with Crippen molar-refractivity contribution in [2.24, 2.45) is 0 Å². The Morgan fingerprint density at radius 1 is 1.00 bits per heavy atom. The van der Waals surface area contributed by atoms with Crippen molar-refractivity contribution in [2.45, 2.75) is 44.2 Å². The van der Waals surface area contributed by atoms with E-state index in [0.29, 0.717) is 5.56 Å². The lowest BCUT2D eigenvalue weighted by Gasteiger charge is -2.20. The smallest absolute Gasteiger partial charge is 0.308 e. The molecule has 1 atom stereocenters. The molecule has 0 heterocycles. The fourth-order valence-electron chi connectivity index (χ4n) is 2.89. The lowest BCUT2D eigenvalue weighted by molar-refractivity contribution is -0.147. The van der Waals surface area contributed by atoms with Crippen molar-refractivity contribution in [3.63, 3.8) is 0 Å². The fourth-order valence-corrected chi connectivity index (χ4v) is 4.07. The van der Waals surface area contributed by atoms with Gasteiger partial charge in [0.1, 0.15) is 0 Å². The van der Waals surface area contributed by atoms with Crippen LogP contribution in [0, 0.1) is 6.92 Å². The van der Waals surface area contributed by atoms with Crippen molar-refractivity contribution in [3.05, 3.63) is 65.2 Å². The maximum atomic E-state index is 12.8. The van der Waals surface area contributed by atoms with E-state index < -0.39 is 27.8 Å². The minimum absolute atomic E-state index is 0.0174. The summed E-state index contributed by atoms with van der Waals surface area (Å²) in [6, 6.07) is 12.6. The van der Waals surface area contributed by atoms with Crippen LogP contribution in [0.5, 0.6) is 0 Å². The van der Waals surface area contributed by atoms with Gasteiger partial charge < -0.3 is 14.8 Å². The largest absolute Gasteiger partial charge is 0.463 e. The molecule has 0 aliphatic rings. The first kappa shape index (κ1) is 24.6. The van der Waals surface area contributed by atoms with Crippen LogP contribution in [0.1, 0.15) is 47.8 Å². The molecule has 168 valence electrons. The standard InChI is InChI=1S/C23H29NO6S/c1-16(2)30-22(25)15-21(18-7-5-17(3)6-8-18)24-23(26)19-9-11-20(12-10-19)31(27,28)14-13-29-4/h5-12,16,21H,13-15H2,1-4H3,(H,24,26). The molecule has 0 aliphatic heterocycles. The van der Waals surface area contributed by atoms with Crippen LogP contribution in [0.3, 0.4) is 0 Å². The van der Waals surface area contributed by atoms with Crippen molar-refractivity contribution in [1.29, 1.82) is 0 Å². The number of carbonyl (C=O) groups excluding carboxylic acids is 2. The number of amides is 1. The zero-order chi connectivity index (χ0) is 23.0. The summed E-state index contributed by atoms with van der Waals surface area (Å²) < 4.78 is 34.5. The second kappa shape index (κ2) is 11.1.